The van der Waals surface area contributed by atoms with Crippen molar-refractivity contribution >= 4 is 11.6 Å². The summed E-state index contributed by atoms with van der Waals surface area (Å²) < 4.78 is 10.2. The van der Waals surface area contributed by atoms with Crippen LogP contribution in [0, 0.1) is 0 Å². The second-order valence-corrected chi connectivity index (χ2v) is 3.80. The van der Waals surface area contributed by atoms with Crippen LogP contribution in [0.5, 0.6) is 0 Å². The molecule has 2 rings (SSSR count). The maximum atomic E-state index is 5.88. The highest BCUT2D eigenvalue weighted by atomic mass is 35.5. The molecule has 0 aliphatic carbocycles. The molecule has 0 spiro atoms. The van der Waals surface area contributed by atoms with Crippen molar-refractivity contribution in [2.45, 2.75) is 6.61 Å². The van der Waals surface area contributed by atoms with Crippen LogP contribution in [0.15, 0.2) is 28.8 Å². The van der Waals surface area contributed by atoms with Gasteiger partial charge in [-0.05, 0) is 12.1 Å². The number of hydrogen-bond acceptors (Lipinski definition) is 5. The number of nitrogens with two attached hydrogens (primary N) is 1. The van der Waals surface area contributed by atoms with Crippen LogP contribution >= 0.6 is 11.6 Å². The molecule has 0 amide bonds. The number of rotatable bonds is 5. The van der Waals surface area contributed by atoms with E-state index in [0.29, 0.717) is 29.9 Å². The fraction of sp³-hybridized carbons (Fsp3) is 0.273. The summed E-state index contributed by atoms with van der Waals surface area (Å²) in [7, 11) is 0. The summed E-state index contributed by atoms with van der Waals surface area (Å²) in [5.41, 5.74) is 6.11. The molecule has 0 aliphatic rings. The van der Waals surface area contributed by atoms with E-state index in [0.717, 1.165) is 5.56 Å². The van der Waals surface area contributed by atoms with Crippen molar-refractivity contribution in [3.63, 3.8) is 0 Å². The standard InChI is InChI=1S/C11H12ClN3O2/c12-9-3-1-2-8(6-9)11-14-10(17-15-11)7-16-5-4-13/h1-3,6H,4-5,7,13H2. The fourth-order valence-electron chi connectivity index (χ4n) is 1.30. The van der Waals surface area contributed by atoms with Crippen LogP contribution in [0.2, 0.25) is 5.02 Å². The van der Waals surface area contributed by atoms with Crippen LogP contribution in [-0.2, 0) is 11.3 Å². The topological polar surface area (TPSA) is 74.2 Å². The summed E-state index contributed by atoms with van der Waals surface area (Å²) in [6, 6.07) is 7.26. The maximum absolute atomic E-state index is 5.88. The summed E-state index contributed by atoms with van der Waals surface area (Å²) in [4.78, 5) is 4.19. The van der Waals surface area contributed by atoms with Crippen molar-refractivity contribution in [3.05, 3.63) is 35.2 Å². The smallest absolute Gasteiger partial charge is 0.252 e. The number of nitrogens with zero attached hydrogens (tertiary/aromatic N) is 2. The Morgan fingerprint density at radius 2 is 2.29 bits per heavy atom. The minimum atomic E-state index is 0.269. The molecule has 2 N–H and O–H groups in total. The van der Waals surface area contributed by atoms with Gasteiger partial charge in [0.25, 0.3) is 5.89 Å². The Morgan fingerprint density at radius 3 is 3.06 bits per heavy atom. The predicted octanol–water partition coefficient (Wildman–Crippen LogP) is 1.87. The molecule has 0 unspecified atom stereocenters. The number of halogens is 1. The van der Waals surface area contributed by atoms with Crippen LogP contribution in [0.1, 0.15) is 5.89 Å². The van der Waals surface area contributed by atoms with Gasteiger partial charge in [-0.1, -0.05) is 28.9 Å². The highest BCUT2D eigenvalue weighted by Gasteiger charge is 2.08. The first-order valence-electron chi connectivity index (χ1n) is 5.16. The van der Waals surface area contributed by atoms with Crippen LogP contribution in [-0.4, -0.2) is 23.3 Å². The first-order chi connectivity index (χ1) is 8.29. The lowest BCUT2D eigenvalue weighted by Gasteiger charge is -1.96. The van der Waals surface area contributed by atoms with Crippen molar-refractivity contribution in [3.8, 4) is 11.4 Å². The first kappa shape index (κ1) is 12.0. The van der Waals surface area contributed by atoms with Gasteiger partial charge in [-0.3, -0.25) is 0 Å². The Hall–Kier alpha value is -1.43. The van der Waals surface area contributed by atoms with Crippen molar-refractivity contribution in [1.82, 2.24) is 10.1 Å². The lowest BCUT2D eigenvalue weighted by molar-refractivity contribution is 0.104. The molecule has 5 nitrogen and oxygen atoms in total. The molecule has 0 saturated carbocycles. The van der Waals surface area contributed by atoms with Gasteiger partial charge in [-0.25, -0.2) is 0 Å². The third-order valence-corrected chi connectivity index (χ3v) is 2.27. The molecule has 6 heteroatoms. The molecule has 0 fully saturated rings. The van der Waals surface area contributed by atoms with E-state index in [1.807, 2.05) is 12.1 Å². The van der Waals surface area contributed by atoms with E-state index in [1.54, 1.807) is 12.1 Å². The van der Waals surface area contributed by atoms with Crippen molar-refractivity contribution in [2.24, 2.45) is 5.73 Å². The van der Waals surface area contributed by atoms with Gasteiger partial charge in [-0.15, -0.1) is 0 Å². The summed E-state index contributed by atoms with van der Waals surface area (Å²) in [6.07, 6.45) is 0. The number of benzene rings is 1. The van der Waals surface area contributed by atoms with Crippen molar-refractivity contribution in [2.75, 3.05) is 13.2 Å². The van der Waals surface area contributed by atoms with Gasteiger partial charge in [-0.2, -0.15) is 4.98 Å². The molecular weight excluding hydrogens is 242 g/mol. The predicted molar refractivity (Wildman–Crippen MR) is 63.5 cm³/mol. The van der Waals surface area contributed by atoms with Gasteiger partial charge >= 0.3 is 0 Å². The fourth-order valence-corrected chi connectivity index (χ4v) is 1.49. The second kappa shape index (κ2) is 5.77. The van der Waals surface area contributed by atoms with E-state index >= 15 is 0 Å². The van der Waals surface area contributed by atoms with E-state index in [1.165, 1.54) is 0 Å². The van der Waals surface area contributed by atoms with Crippen molar-refractivity contribution < 1.29 is 9.26 Å². The third kappa shape index (κ3) is 3.26. The lowest BCUT2D eigenvalue weighted by atomic mass is 10.2. The molecule has 0 radical (unpaired) electrons. The molecule has 0 atom stereocenters. The molecule has 0 saturated heterocycles. The van der Waals surface area contributed by atoms with E-state index in [-0.39, 0.29) is 6.61 Å². The van der Waals surface area contributed by atoms with E-state index < -0.39 is 0 Å². The van der Waals surface area contributed by atoms with Gasteiger partial charge in [0.1, 0.15) is 6.61 Å². The average molecular weight is 254 g/mol. The summed E-state index contributed by atoms with van der Waals surface area (Å²) in [6.45, 7) is 1.20. The average Bonchev–Trinajstić information content (AvgIpc) is 2.78. The van der Waals surface area contributed by atoms with Gasteiger partial charge in [0.05, 0.1) is 6.61 Å². The normalized spacial score (nSPS) is 10.7. The van der Waals surface area contributed by atoms with E-state index in [2.05, 4.69) is 10.1 Å². The van der Waals surface area contributed by atoms with Gasteiger partial charge in [0, 0.05) is 17.1 Å². The molecule has 17 heavy (non-hydrogen) atoms. The van der Waals surface area contributed by atoms with Crippen LogP contribution < -0.4 is 5.73 Å². The molecule has 2 aromatic rings. The zero-order valence-electron chi connectivity index (χ0n) is 9.10. The molecule has 1 aromatic heterocycles. The molecule has 0 bridgehead atoms. The summed E-state index contributed by atoms with van der Waals surface area (Å²) in [5, 5.41) is 4.48. The Balaban J connectivity index is 2.07. The SMILES string of the molecule is NCCOCc1nc(-c2cccc(Cl)c2)no1. The van der Waals surface area contributed by atoms with E-state index in [9.17, 15) is 0 Å². The zero-order valence-corrected chi connectivity index (χ0v) is 9.85. The highest BCUT2D eigenvalue weighted by molar-refractivity contribution is 6.30. The Bertz CT molecular complexity index is 487. The molecule has 90 valence electrons. The molecule has 1 heterocycles. The molecule has 0 aliphatic heterocycles. The number of ether oxygens (including phenoxy) is 1. The first-order valence-corrected chi connectivity index (χ1v) is 5.53. The third-order valence-electron chi connectivity index (χ3n) is 2.04. The largest absolute Gasteiger partial charge is 0.370 e. The summed E-state index contributed by atoms with van der Waals surface area (Å²) in [5.74, 6) is 0.923. The van der Waals surface area contributed by atoms with Gasteiger partial charge < -0.3 is 15.0 Å². The van der Waals surface area contributed by atoms with Crippen LogP contribution in [0.3, 0.4) is 0 Å². The Morgan fingerprint density at radius 1 is 1.41 bits per heavy atom. The lowest BCUT2D eigenvalue weighted by Crippen LogP contribution is -2.08. The van der Waals surface area contributed by atoms with Crippen LogP contribution in [0.4, 0.5) is 0 Å². The van der Waals surface area contributed by atoms with Gasteiger partial charge in [0.2, 0.25) is 5.82 Å². The van der Waals surface area contributed by atoms with Crippen LogP contribution in [0.25, 0.3) is 11.4 Å². The monoisotopic (exact) mass is 253 g/mol. The number of hydrogen-bond donors (Lipinski definition) is 1. The Labute approximate surface area is 104 Å². The maximum Gasteiger partial charge on any atom is 0.252 e. The van der Waals surface area contributed by atoms with E-state index in [4.69, 9.17) is 26.6 Å². The summed E-state index contributed by atoms with van der Waals surface area (Å²) >= 11 is 5.88. The minimum Gasteiger partial charge on any atom is -0.370 e. The minimum absolute atomic E-state index is 0.269. The molecular formula is C11H12ClN3O2. The number of aromatic nitrogens is 2. The van der Waals surface area contributed by atoms with Crippen molar-refractivity contribution in [1.29, 1.82) is 0 Å². The zero-order chi connectivity index (χ0) is 12.1. The second-order valence-electron chi connectivity index (χ2n) is 3.36. The van der Waals surface area contributed by atoms with Gasteiger partial charge in [0.15, 0.2) is 0 Å². The highest BCUT2D eigenvalue weighted by Crippen LogP contribution is 2.19. The molecule has 1 aromatic carbocycles. The Kier molecular flexibility index (Phi) is 4.08. The quantitative estimate of drug-likeness (QED) is 0.824.